The van der Waals surface area contributed by atoms with E-state index < -0.39 is 28.8 Å². The number of halogens is 2. The SMILES string of the molecule is O=C1[C@H]2C(c3ccc(Cl)cc3Cl)=NO[C@H]2C(=O)N1c1cccc([N+](=O)[O-])c1. The van der Waals surface area contributed by atoms with Gasteiger partial charge in [0.2, 0.25) is 12.0 Å². The van der Waals surface area contributed by atoms with Crippen molar-refractivity contribution in [1.29, 1.82) is 0 Å². The highest BCUT2D eigenvalue weighted by Gasteiger charge is 2.56. The number of hydrogen-bond acceptors (Lipinski definition) is 6. The molecule has 2 aliphatic heterocycles. The summed E-state index contributed by atoms with van der Waals surface area (Å²) in [7, 11) is 0. The molecule has 0 radical (unpaired) electrons. The van der Waals surface area contributed by atoms with Gasteiger partial charge in [0.15, 0.2) is 0 Å². The van der Waals surface area contributed by atoms with Gasteiger partial charge < -0.3 is 4.84 Å². The number of imide groups is 1. The highest BCUT2D eigenvalue weighted by molar-refractivity contribution is 6.39. The summed E-state index contributed by atoms with van der Waals surface area (Å²) in [6.45, 7) is 0. The monoisotopic (exact) mass is 405 g/mol. The Balaban J connectivity index is 1.72. The van der Waals surface area contributed by atoms with Crippen LogP contribution in [0.3, 0.4) is 0 Å². The van der Waals surface area contributed by atoms with Gasteiger partial charge in [-0.3, -0.25) is 19.7 Å². The average molecular weight is 406 g/mol. The number of rotatable bonds is 3. The third kappa shape index (κ3) is 2.73. The summed E-state index contributed by atoms with van der Waals surface area (Å²) in [5.74, 6) is -2.22. The number of benzene rings is 2. The highest BCUT2D eigenvalue weighted by atomic mass is 35.5. The molecule has 0 aromatic heterocycles. The van der Waals surface area contributed by atoms with Crippen LogP contribution in [0.1, 0.15) is 5.56 Å². The molecular weight excluding hydrogens is 397 g/mol. The Morgan fingerprint density at radius 1 is 1.11 bits per heavy atom. The number of carbonyl (C=O) groups is 2. The molecule has 8 nitrogen and oxygen atoms in total. The summed E-state index contributed by atoms with van der Waals surface area (Å²) >= 11 is 12.1. The first-order valence-electron chi connectivity index (χ1n) is 7.70. The molecule has 2 heterocycles. The van der Waals surface area contributed by atoms with Gasteiger partial charge in [0.25, 0.3) is 11.6 Å². The van der Waals surface area contributed by atoms with Gasteiger partial charge in [-0.15, -0.1) is 0 Å². The Morgan fingerprint density at radius 2 is 1.89 bits per heavy atom. The Bertz CT molecular complexity index is 1040. The lowest BCUT2D eigenvalue weighted by atomic mass is 9.94. The van der Waals surface area contributed by atoms with Crippen LogP contribution >= 0.6 is 23.2 Å². The van der Waals surface area contributed by atoms with Crippen LogP contribution in [-0.4, -0.2) is 28.6 Å². The van der Waals surface area contributed by atoms with Gasteiger partial charge in [0, 0.05) is 22.7 Å². The summed E-state index contributed by atoms with van der Waals surface area (Å²) in [4.78, 5) is 42.1. The fourth-order valence-electron chi connectivity index (χ4n) is 3.10. The number of anilines is 1. The van der Waals surface area contributed by atoms with Crippen molar-refractivity contribution in [1.82, 2.24) is 0 Å². The van der Waals surface area contributed by atoms with E-state index in [4.69, 9.17) is 28.0 Å². The van der Waals surface area contributed by atoms with Crippen molar-refractivity contribution in [2.24, 2.45) is 11.1 Å². The molecule has 10 heteroatoms. The molecule has 2 aromatic rings. The fraction of sp³-hybridized carbons (Fsp3) is 0.118. The van der Waals surface area contributed by atoms with E-state index in [0.29, 0.717) is 10.6 Å². The number of nitrogens with zero attached hydrogens (tertiary/aromatic N) is 3. The Kier molecular flexibility index (Phi) is 4.09. The zero-order valence-electron chi connectivity index (χ0n) is 13.3. The average Bonchev–Trinajstić information content (AvgIpc) is 3.16. The maximum Gasteiger partial charge on any atom is 0.278 e. The Morgan fingerprint density at radius 3 is 2.59 bits per heavy atom. The zero-order chi connectivity index (χ0) is 19.3. The lowest BCUT2D eigenvalue weighted by molar-refractivity contribution is -0.384. The molecule has 2 aromatic carbocycles. The van der Waals surface area contributed by atoms with Gasteiger partial charge in [0.1, 0.15) is 11.6 Å². The number of fused-ring (bicyclic) bond motifs is 1. The number of carbonyl (C=O) groups excluding carboxylic acids is 2. The third-order valence-corrected chi connectivity index (χ3v) is 4.87. The number of nitro benzene ring substituents is 1. The van der Waals surface area contributed by atoms with Gasteiger partial charge in [-0.05, 0) is 18.2 Å². The summed E-state index contributed by atoms with van der Waals surface area (Å²) in [5, 5.41) is 15.5. The van der Waals surface area contributed by atoms with Crippen molar-refractivity contribution >= 4 is 52.1 Å². The lowest BCUT2D eigenvalue weighted by Gasteiger charge is -2.15. The summed E-state index contributed by atoms with van der Waals surface area (Å²) in [6, 6.07) is 9.92. The molecule has 2 aliphatic rings. The molecule has 4 rings (SSSR count). The minimum atomic E-state index is -1.14. The van der Waals surface area contributed by atoms with E-state index in [-0.39, 0.29) is 22.1 Å². The molecule has 1 saturated heterocycles. The van der Waals surface area contributed by atoms with Crippen LogP contribution in [0.15, 0.2) is 47.6 Å². The third-order valence-electron chi connectivity index (χ3n) is 4.32. The first kappa shape index (κ1) is 17.4. The quantitative estimate of drug-likeness (QED) is 0.443. The minimum absolute atomic E-state index is 0.0961. The molecule has 0 unspecified atom stereocenters. The van der Waals surface area contributed by atoms with Crippen molar-refractivity contribution in [2.45, 2.75) is 6.10 Å². The van der Waals surface area contributed by atoms with Crippen molar-refractivity contribution in [3.63, 3.8) is 0 Å². The molecule has 0 saturated carbocycles. The normalized spacial score (nSPS) is 21.1. The van der Waals surface area contributed by atoms with Gasteiger partial charge in [-0.2, -0.15) is 0 Å². The first-order valence-corrected chi connectivity index (χ1v) is 8.45. The van der Waals surface area contributed by atoms with Crippen LogP contribution in [-0.2, 0) is 14.4 Å². The Hall–Kier alpha value is -2.97. The lowest BCUT2D eigenvalue weighted by Crippen LogP contribution is -2.33. The van der Waals surface area contributed by atoms with Crippen molar-refractivity contribution < 1.29 is 19.3 Å². The van der Waals surface area contributed by atoms with Crippen molar-refractivity contribution in [2.75, 3.05) is 4.90 Å². The maximum absolute atomic E-state index is 12.9. The molecular formula is C17H9Cl2N3O5. The number of amides is 2. The topological polar surface area (TPSA) is 102 Å². The largest absolute Gasteiger partial charge is 0.381 e. The van der Waals surface area contributed by atoms with Crippen LogP contribution in [0, 0.1) is 16.0 Å². The standard InChI is InChI=1S/C17H9Cl2N3O5/c18-8-4-5-11(12(19)6-8)14-13-15(27-20-14)17(24)21(16(13)23)9-2-1-3-10(7-9)22(25)26/h1-7,13,15H/t13-,15+/m0/s1. The van der Waals surface area contributed by atoms with E-state index >= 15 is 0 Å². The first-order chi connectivity index (χ1) is 12.9. The van der Waals surface area contributed by atoms with E-state index in [1.54, 1.807) is 12.1 Å². The smallest absolute Gasteiger partial charge is 0.278 e. The number of non-ortho nitro benzene ring substituents is 1. The van der Waals surface area contributed by atoms with Crippen LogP contribution in [0.2, 0.25) is 10.0 Å². The molecule has 0 N–H and O–H groups in total. The van der Waals surface area contributed by atoms with Gasteiger partial charge in [0.05, 0.1) is 15.6 Å². The summed E-state index contributed by atoms with van der Waals surface area (Å²) < 4.78 is 0. The van der Waals surface area contributed by atoms with E-state index in [2.05, 4.69) is 5.16 Å². The van der Waals surface area contributed by atoms with Gasteiger partial charge in [-0.1, -0.05) is 40.5 Å². The van der Waals surface area contributed by atoms with E-state index in [1.807, 2.05) is 0 Å². The summed E-state index contributed by atoms with van der Waals surface area (Å²) in [5.41, 5.74) is 0.503. The second-order valence-electron chi connectivity index (χ2n) is 5.89. The molecule has 2 amide bonds. The molecule has 136 valence electrons. The highest BCUT2D eigenvalue weighted by Crippen LogP contribution is 2.37. The number of hydrogen-bond donors (Lipinski definition) is 0. The molecule has 27 heavy (non-hydrogen) atoms. The van der Waals surface area contributed by atoms with E-state index in [9.17, 15) is 19.7 Å². The Labute approximate surface area is 162 Å². The molecule has 1 fully saturated rings. The van der Waals surface area contributed by atoms with E-state index in [0.717, 1.165) is 11.0 Å². The van der Waals surface area contributed by atoms with Gasteiger partial charge >= 0.3 is 0 Å². The predicted molar refractivity (Wildman–Crippen MR) is 97.0 cm³/mol. The zero-order valence-corrected chi connectivity index (χ0v) is 14.8. The summed E-state index contributed by atoms with van der Waals surface area (Å²) in [6.07, 6.45) is -1.14. The number of nitro groups is 1. The maximum atomic E-state index is 12.9. The second kappa shape index (κ2) is 6.33. The van der Waals surface area contributed by atoms with Crippen molar-refractivity contribution in [3.8, 4) is 0 Å². The second-order valence-corrected chi connectivity index (χ2v) is 6.74. The van der Waals surface area contributed by atoms with Crippen LogP contribution in [0.4, 0.5) is 11.4 Å². The van der Waals surface area contributed by atoms with Gasteiger partial charge in [-0.25, -0.2) is 4.90 Å². The number of oxime groups is 1. The molecule has 2 atom stereocenters. The van der Waals surface area contributed by atoms with Crippen LogP contribution < -0.4 is 4.90 Å². The van der Waals surface area contributed by atoms with Crippen LogP contribution in [0.25, 0.3) is 0 Å². The fourth-order valence-corrected chi connectivity index (χ4v) is 3.60. The molecule has 0 spiro atoms. The minimum Gasteiger partial charge on any atom is -0.381 e. The molecule has 0 aliphatic carbocycles. The van der Waals surface area contributed by atoms with E-state index in [1.165, 1.54) is 24.3 Å². The van der Waals surface area contributed by atoms with Crippen molar-refractivity contribution in [3.05, 3.63) is 68.2 Å². The predicted octanol–water partition coefficient (Wildman–Crippen LogP) is 3.19. The molecule has 0 bridgehead atoms. The van der Waals surface area contributed by atoms with Crippen LogP contribution in [0.5, 0.6) is 0 Å².